The van der Waals surface area contributed by atoms with Gasteiger partial charge in [-0.15, -0.1) is 0 Å². The van der Waals surface area contributed by atoms with Crippen LogP contribution in [0.2, 0.25) is 0 Å². The maximum absolute atomic E-state index is 12.6. The Labute approximate surface area is 161 Å². The van der Waals surface area contributed by atoms with Crippen LogP contribution in [0.5, 0.6) is 0 Å². The lowest BCUT2D eigenvalue weighted by molar-refractivity contribution is -0.131. The summed E-state index contributed by atoms with van der Waals surface area (Å²) < 4.78 is 23.3. The number of nitrogens with zero attached hydrogens (tertiary/aromatic N) is 2. The molecule has 7 nitrogen and oxygen atoms in total. The molecule has 0 aromatic heterocycles. The number of carbonyl (C=O) groups is 1. The number of rotatable bonds is 0. The van der Waals surface area contributed by atoms with Gasteiger partial charge in [-0.1, -0.05) is 24.3 Å². The van der Waals surface area contributed by atoms with Gasteiger partial charge in [0.1, 0.15) is 12.2 Å². The highest BCUT2D eigenvalue weighted by molar-refractivity contribution is 7.90. The molecule has 1 amide bonds. The Balaban J connectivity index is 1.17. The van der Waals surface area contributed by atoms with Crippen molar-refractivity contribution in [3.05, 3.63) is 35.4 Å². The number of amidine groups is 1. The van der Waals surface area contributed by atoms with Gasteiger partial charge in [-0.2, -0.15) is 4.99 Å². The maximum atomic E-state index is 12.6. The molecule has 142 valence electrons. The third-order valence-electron chi connectivity index (χ3n) is 6.53. The Morgan fingerprint density at radius 2 is 1.81 bits per heavy atom. The van der Waals surface area contributed by atoms with E-state index < -0.39 is 5.60 Å². The fraction of sp³-hybridized carbons (Fsp3) is 0.579. The van der Waals surface area contributed by atoms with Crippen molar-refractivity contribution >= 4 is 24.3 Å². The third kappa shape index (κ3) is 2.33. The average molecular weight is 388 g/mol. The van der Waals surface area contributed by atoms with Gasteiger partial charge in [0.05, 0.1) is 12.2 Å². The minimum Gasteiger partial charge on any atom is -0.448 e. The first-order valence-electron chi connectivity index (χ1n) is 9.46. The Morgan fingerprint density at radius 3 is 2.59 bits per heavy atom. The molecule has 0 bridgehead atoms. The zero-order valence-corrected chi connectivity index (χ0v) is 15.6. The van der Waals surface area contributed by atoms with Crippen molar-refractivity contribution in [1.29, 1.82) is 0 Å². The van der Waals surface area contributed by atoms with Crippen LogP contribution in [0.4, 0.5) is 0 Å². The maximum Gasteiger partial charge on any atom is 0.296 e. The highest BCUT2D eigenvalue weighted by atomic mass is 32.2. The number of carbonyl (C=O) groups excluding carboxylic acids is 1. The van der Waals surface area contributed by atoms with Gasteiger partial charge in [0, 0.05) is 25.9 Å². The largest absolute Gasteiger partial charge is 0.448 e. The molecule has 1 aromatic rings. The average Bonchev–Trinajstić information content (AvgIpc) is 3.42. The van der Waals surface area contributed by atoms with E-state index in [9.17, 15) is 4.79 Å². The summed E-state index contributed by atoms with van der Waals surface area (Å²) in [5.74, 6) is -0.202. The monoisotopic (exact) mass is 388 g/mol. The molecular weight excluding hydrogens is 368 g/mol. The minimum absolute atomic E-state index is 0.0958. The van der Waals surface area contributed by atoms with Crippen molar-refractivity contribution in [2.45, 2.75) is 55.7 Å². The van der Waals surface area contributed by atoms with E-state index in [1.807, 2.05) is 0 Å². The number of aliphatic imine (C=N–C) groups is 1. The molecule has 1 aromatic carbocycles. The number of amides is 1. The van der Waals surface area contributed by atoms with Crippen LogP contribution >= 0.6 is 12.3 Å². The van der Waals surface area contributed by atoms with Gasteiger partial charge in [0.15, 0.2) is 17.9 Å². The summed E-state index contributed by atoms with van der Waals surface area (Å²) >= 11 is 1.01. The second kappa shape index (κ2) is 5.70. The molecule has 2 atom stereocenters. The molecule has 3 fully saturated rings. The van der Waals surface area contributed by atoms with Crippen LogP contribution in [0.25, 0.3) is 0 Å². The number of likely N-dealkylation sites (tertiary alicyclic amines) is 1. The molecule has 2 spiro atoms. The molecule has 5 aliphatic rings. The van der Waals surface area contributed by atoms with Crippen LogP contribution in [-0.4, -0.2) is 47.7 Å². The summed E-state index contributed by atoms with van der Waals surface area (Å²) in [4.78, 5) is 18.9. The quantitative estimate of drug-likeness (QED) is 0.632. The van der Waals surface area contributed by atoms with E-state index in [2.05, 4.69) is 34.2 Å². The standard InChI is InChI=1S/C19H20N2O5S/c22-16-19(9-14-15(10-19)26-27-25-14)24-17(20-16)21-7-5-18(6-8-21)13-4-2-1-3-12(13)11-23-18/h1-4,14-15H,5-11H2. The van der Waals surface area contributed by atoms with Crippen LogP contribution in [0.15, 0.2) is 29.3 Å². The third-order valence-corrected chi connectivity index (χ3v) is 7.18. The van der Waals surface area contributed by atoms with E-state index in [1.165, 1.54) is 11.1 Å². The summed E-state index contributed by atoms with van der Waals surface area (Å²) in [6, 6.07) is 8.91. The van der Waals surface area contributed by atoms with Crippen molar-refractivity contribution in [2.75, 3.05) is 13.1 Å². The molecule has 8 heteroatoms. The first-order chi connectivity index (χ1) is 13.2. The second-order valence-electron chi connectivity index (χ2n) is 7.97. The summed E-state index contributed by atoms with van der Waals surface area (Å²) in [6.07, 6.45) is 2.54. The number of piperidine rings is 1. The Bertz CT molecular complexity index is 823. The molecule has 1 saturated carbocycles. The minimum atomic E-state index is -0.906. The summed E-state index contributed by atoms with van der Waals surface area (Å²) in [5, 5.41) is 0. The molecule has 2 unspecified atom stereocenters. The fourth-order valence-corrected chi connectivity index (χ4v) is 5.62. The van der Waals surface area contributed by atoms with Crippen molar-refractivity contribution in [2.24, 2.45) is 4.99 Å². The number of hydrogen-bond donors (Lipinski definition) is 0. The molecule has 1 aliphatic carbocycles. The van der Waals surface area contributed by atoms with Crippen LogP contribution < -0.4 is 0 Å². The zero-order chi connectivity index (χ0) is 18.1. The van der Waals surface area contributed by atoms with Crippen molar-refractivity contribution < 1.29 is 22.6 Å². The Hall–Kier alpha value is -1.61. The highest BCUT2D eigenvalue weighted by Crippen LogP contribution is 2.48. The van der Waals surface area contributed by atoms with Gasteiger partial charge >= 0.3 is 0 Å². The lowest BCUT2D eigenvalue weighted by Crippen LogP contribution is -2.46. The van der Waals surface area contributed by atoms with Crippen LogP contribution in [-0.2, 0) is 34.8 Å². The first kappa shape index (κ1) is 16.4. The number of fused-ring (bicyclic) bond motifs is 3. The van der Waals surface area contributed by atoms with E-state index in [0.29, 0.717) is 25.5 Å². The van der Waals surface area contributed by atoms with Gasteiger partial charge in [0.25, 0.3) is 11.9 Å². The van der Waals surface area contributed by atoms with E-state index in [1.54, 1.807) is 0 Å². The smallest absolute Gasteiger partial charge is 0.296 e. The zero-order valence-electron chi connectivity index (χ0n) is 14.8. The fourth-order valence-electron chi connectivity index (χ4n) is 4.99. The van der Waals surface area contributed by atoms with Crippen molar-refractivity contribution in [3.63, 3.8) is 0 Å². The number of hydrogen-bond acceptors (Lipinski definition) is 7. The van der Waals surface area contributed by atoms with Crippen LogP contribution in [0.1, 0.15) is 36.8 Å². The van der Waals surface area contributed by atoms with Gasteiger partial charge < -0.3 is 14.4 Å². The normalized spacial score (nSPS) is 36.2. The van der Waals surface area contributed by atoms with Crippen molar-refractivity contribution in [1.82, 2.24) is 4.90 Å². The van der Waals surface area contributed by atoms with Crippen molar-refractivity contribution in [3.8, 4) is 0 Å². The Morgan fingerprint density at radius 1 is 1.07 bits per heavy atom. The molecule has 0 N–H and O–H groups in total. The first-order valence-corrected chi connectivity index (χ1v) is 10.1. The molecule has 2 saturated heterocycles. The number of ether oxygens (including phenoxy) is 2. The molecule has 4 heterocycles. The van der Waals surface area contributed by atoms with E-state index in [-0.39, 0.29) is 23.7 Å². The second-order valence-corrected chi connectivity index (χ2v) is 8.49. The topological polar surface area (TPSA) is 69.6 Å². The highest BCUT2D eigenvalue weighted by Gasteiger charge is 2.60. The molecule has 0 radical (unpaired) electrons. The SMILES string of the molecule is O=C1N=C(N2CCC3(CC2)OCc2ccccc23)OC12CC1OSOC1C2. The molecule has 6 rings (SSSR count). The van der Waals surface area contributed by atoms with E-state index in [0.717, 1.165) is 38.3 Å². The molecule has 27 heavy (non-hydrogen) atoms. The Kier molecular flexibility index (Phi) is 3.45. The lowest BCUT2D eigenvalue weighted by Gasteiger charge is -2.39. The van der Waals surface area contributed by atoms with Gasteiger partial charge in [-0.3, -0.25) is 13.2 Å². The van der Waals surface area contributed by atoms with Gasteiger partial charge in [-0.05, 0) is 24.0 Å². The van der Waals surface area contributed by atoms with Gasteiger partial charge in [-0.25, -0.2) is 0 Å². The summed E-state index contributed by atoms with van der Waals surface area (Å²) in [7, 11) is 0. The van der Waals surface area contributed by atoms with Gasteiger partial charge in [0.2, 0.25) is 0 Å². The summed E-state index contributed by atoms with van der Waals surface area (Å²) in [5.41, 5.74) is 1.47. The summed E-state index contributed by atoms with van der Waals surface area (Å²) in [6.45, 7) is 2.19. The van der Waals surface area contributed by atoms with E-state index in [4.69, 9.17) is 17.8 Å². The molecule has 4 aliphatic heterocycles. The van der Waals surface area contributed by atoms with Crippen LogP contribution in [0, 0.1) is 0 Å². The number of benzene rings is 1. The predicted octanol–water partition coefficient (Wildman–Crippen LogP) is 2.30. The molecular formula is C19H20N2O5S. The van der Waals surface area contributed by atoms with Crippen LogP contribution in [0.3, 0.4) is 0 Å². The van der Waals surface area contributed by atoms with E-state index >= 15 is 0 Å². The lowest BCUT2D eigenvalue weighted by atomic mass is 9.84. The predicted molar refractivity (Wildman–Crippen MR) is 96.5 cm³/mol.